The number of phenolic OH excluding ortho intramolecular Hbond substituents is 1. The van der Waals surface area contributed by atoms with Gasteiger partial charge in [-0.15, -0.1) is 5.54 Å². The van der Waals surface area contributed by atoms with Crippen LogP contribution in [0.1, 0.15) is 79.2 Å². The van der Waals surface area contributed by atoms with Gasteiger partial charge in [0.25, 0.3) is 0 Å². The second kappa shape index (κ2) is 13.8. The van der Waals surface area contributed by atoms with Crippen molar-refractivity contribution in [2.24, 2.45) is 0 Å². The van der Waals surface area contributed by atoms with Crippen LogP contribution >= 0.6 is 0 Å². The highest BCUT2D eigenvalue weighted by molar-refractivity contribution is 6.90. The molecule has 0 aliphatic carbocycles. The zero-order valence-electron chi connectivity index (χ0n) is 31.8. The number of nitrogens with zero attached hydrogens (tertiary/aromatic N) is 5. The molecule has 11 heteroatoms. The predicted molar refractivity (Wildman–Crippen MR) is 211 cm³/mol. The number of pyridine rings is 1. The molecule has 2 bridgehead atoms. The Labute approximate surface area is 312 Å². The summed E-state index contributed by atoms with van der Waals surface area (Å²) < 4.78 is 38.3. The number of nitrogens with one attached hydrogen (secondary N) is 1. The smallest absolute Gasteiger partial charge is 0.319 e. The Bertz CT molecular complexity index is 2080. The molecule has 280 valence electrons. The van der Waals surface area contributed by atoms with Crippen LogP contribution in [0.3, 0.4) is 0 Å². The van der Waals surface area contributed by atoms with Crippen molar-refractivity contribution in [2.75, 3.05) is 37.7 Å². The summed E-state index contributed by atoms with van der Waals surface area (Å²) in [5.74, 6) is 3.60. The summed E-state index contributed by atoms with van der Waals surface area (Å²) in [6.45, 7) is 16.7. The number of aromatic hydroxyl groups is 1. The molecule has 8 nitrogen and oxygen atoms in total. The average molecular weight is 739 g/mol. The number of fused-ring (bicyclic) bond motifs is 5. The first-order valence-corrected chi connectivity index (χ1v) is 21.8. The molecule has 0 spiro atoms. The van der Waals surface area contributed by atoms with Crippen molar-refractivity contribution in [3.8, 4) is 34.5 Å². The van der Waals surface area contributed by atoms with Crippen molar-refractivity contribution >= 4 is 35.6 Å². The van der Waals surface area contributed by atoms with Crippen LogP contribution in [0.2, 0.25) is 16.6 Å². The van der Waals surface area contributed by atoms with Crippen molar-refractivity contribution in [3.63, 3.8) is 0 Å². The molecule has 4 aliphatic heterocycles. The van der Waals surface area contributed by atoms with Gasteiger partial charge in [0.15, 0.2) is 5.82 Å². The lowest BCUT2D eigenvalue weighted by Gasteiger charge is -2.38. The molecule has 0 radical (unpaired) electrons. The molecule has 4 atom stereocenters. The number of ether oxygens (including phenoxy) is 1. The summed E-state index contributed by atoms with van der Waals surface area (Å²) in [6.07, 6.45) is 5.20. The summed E-state index contributed by atoms with van der Waals surface area (Å²) >= 11 is 0. The van der Waals surface area contributed by atoms with E-state index >= 15 is 4.39 Å². The Kier molecular flexibility index (Phi) is 9.39. The lowest BCUT2D eigenvalue weighted by molar-refractivity contribution is 0.107. The van der Waals surface area contributed by atoms with Gasteiger partial charge in [0.2, 0.25) is 0 Å². The minimum absolute atomic E-state index is 0.0148. The van der Waals surface area contributed by atoms with Crippen LogP contribution in [0.4, 0.5) is 14.6 Å². The van der Waals surface area contributed by atoms with Gasteiger partial charge in [-0.05, 0) is 72.4 Å². The lowest BCUT2D eigenvalue weighted by atomic mass is 9.95. The molecule has 0 saturated carbocycles. The highest BCUT2D eigenvalue weighted by Gasteiger charge is 2.49. The summed E-state index contributed by atoms with van der Waals surface area (Å²) in [5, 5.41) is 16.6. The molecule has 4 aliphatic rings. The summed E-state index contributed by atoms with van der Waals surface area (Å²) in [7, 11) is -2.08. The van der Waals surface area contributed by atoms with Gasteiger partial charge in [0.05, 0.1) is 10.9 Å². The average Bonchev–Trinajstić information content (AvgIpc) is 3.76. The SMILES string of the molecule is CC(C)[Si](C#Cc1cccc2cc(O)cc(-c3ncc4c(N5C[C@H]6CC[C@@H](C5)N6)nc(OC[C@@]56CCCN5C[C@H](F)C6)nc4c3F)c12)(C(C)C)C(C)C. The van der Waals surface area contributed by atoms with E-state index in [2.05, 4.69) is 68.1 Å². The van der Waals surface area contributed by atoms with E-state index < -0.39 is 25.6 Å². The van der Waals surface area contributed by atoms with Gasteiger partial charge in [0.1, 0.15) is 43.6 Å². The molecule has 4 fully saturated rings. The highest BCUT2D eigenvalue weighted by Crippen LogP contribution is 2.43. The van der Waals surface area contributed by atoms with E-state index in [1.54, 1.807) is 18.3 Å². The van der Waals surface area contributed by atoms with Gasteiger partial charge in [-0.2, -0.15) is 9.97 Å². The number of alkyl halides is 1. The van der Waals surface area contributed by atoms with E-state index in [0.29, 0.717) is 58.4 Å². The molecule has 0 amide bonds. The van der Waals surface area contributed by atoms with Crippen molar-refractivity contribution in [3.05, 3.63) is 47.9 Å². The third-order valence-electron chi connectivity index (χ3n) is 12.9. The Morgan fingerprint density at radius 2 is 1.77 bits per heavy atom. The third kappa shape index (κ3) is 6.24. The first-order chi connectivity index (χ1) is 25.4. The van der Waals surface area contributed by atoms with E-state index in [4.69, 9.17) is 19.7 Å². The van der Waals surface area contributed by atoms with Crippen molar-refractivity contribution in [2.45, 2.75) is 114 Å². The maximum absolute atomic E-state index is 17.3. The fraction of sp³-hybridized carbons (Fsp3) is 0.548. The number of aromatic nitrogens is 3. The minimum atomic E-state index is -2.08. The highest BCUT2D eigenvalue weighted by atomic mass is 28.3. The summed E-state index contributed by atoms with van der Waals surface area (Å²) in [6, 6.07) is 9.86. The van der Waals surface area contributed by atoms with Gasteiger partial charge in [-0.3, -0.25) is 9.88 Å². The molecule has 53 heavy (non-hydrogen) atoms. The van der Waals surface area contributed by atoms with Crippen molar-refractivity contribution in [1.82, 2.24) is 25.2 Å². The van der Waals surface area contributed by atoms with Gasteiger partial charge in [-0.1, -0.05) is 59.6 Å². The zero-order valence-corrected chi connectivity index (χ0v) is 32.8. The number of hydrogen-bond acceptors (Lipinski definition) is 8. The molecule has 6 heterocycles. The van der Waals surface area contributed by atoms with Crippen LogP contribution in [-0.2, 0) is 0 Å². The number of hydrogen-bond donors (Lipinski definition) is 2. The van der Waals surface area contributed by atoms with Crippen LogP contribution in [0, 0.1) is 17.3 Å². The Morgan fingerprint density at radius 3 is 2.49 bits per heavy atom. The molecule has 4 saturated heterocycles. The number of piperazine rings is 1. The second-order valence-electron chi connectivity index (χ2n) is 17.0. The van der Waals surface area contributed by atoms with Gasteiger partial charge >= 0.3 is 6.01 Å². The first kappa shape index (κ1) is 36.1. The number of rotatable bonds is 8. The second-order valence-corrected chi connectivity index (χ2v) is 22.5. The number of anilines is 1. The predicted octanol–water partition coefficient (Wildman–Crippen LogP) is 8.16. The normalized spacial score (nSPS) is 24.5. The van der Waals surface area contributed by atoms with E-state index in [0.717, 1.165) is 61.7 Å². The molecule has 2 aromatic carbocycles. The van der Waals surface area contributed by atoms with Crippen LogP contribution in [0.5, 0.6) is 11.8 Å². The summed E-state index contributed by atoms with van der Waals surface area (Å²) in [5.41, 5.74) is 6.23. The first-order valence-electron chi connectivity index (χ1n) is 19.6. The van der Waals surface area contributed by atoms with Gasteiger partial charge in [0, 0.05) is 60.8 Å². The van der Waals surface area contributed by atoms with Crippen LogP contribution in [-0.4, -0.2) is 89.6 Å². The fourth-order valence-corrected chi connectivity index (χ4v) is 15.7. The molecular weight excluding hydrogens is 687 g/mol. The molecular formula is C42H52F2N6O2Si. The van der Waals surface area contributed by atoms with Gasteiger partial charge < -0.3 is 20.1 Å². The Balaban J connectivity index is 1.27. The molecule has 8 rings (SSSR count). The van der Waals surface area contributed by atoms with Crippen molar-refractivity contribution < 1.29 is 18.6 Å². The maximum Gasteiger partial charge on any atom is 0.319 e. The molecule has 2 aromatic heterocycles. The van der Waals surface area contributed by atoms with E-state index in [1.807, 2.05) is 18.2 Å². The Hall–Kier alpha value is -3.85. The number of halogens is 2. The fourth-order valence-electron chi connectivity index (χ4n) is 10.4. The number of benzene rings is 2. The van der Waals surface area contributed by atoms with Crippen molar-refractivity contribution in [1.29, 1.82) is 0 Å². The summed E-state index contributed by atoms with van der Waals surface area (Å²) in [4.78, 5) is 18.8. The largest absolute Gasteiger partial charge is 0.508 e. The van der Waals surface area contributed by atoms with Gasteiger partial charge in [-0.25, -0.2) is 8.78 Å². The van der Waals surface area contributed by atoms with E-state index in [-0.39, 0.29) is 29.6 Å². The van der Waals surface area contributed by atoms with Crippen LogP contribution < -0.4 is 15.0 Å². The Morgan fingerprint density at radius 1 is 1.04 bits per heavy atom. The topological polar surface area (TPSA) is 86.6 Å². The van der Waals surface area contributed by atoms with E-state index in [9.17, 15) is 9.50 Å². The molecule has 0 unspecified atom stereocenters. The molecule has 4 aromatic rings. The quantitative estimate of drug-likeness (QED) is 0.138. The van der Waals surface area contributed by atoms with Crippen LogP contribution in [0.15, 0.2) is 36.5 Å². The lowest BCUT2D eigenvalue weighted by Crippen LogP contribution is -2.51. The number of phenols is 1. The zero-order chi connectivity index (χ0) is 37.2. The van der Waals surface area contributed by atoms with Crippen LogP contribution in [0.25, 0.3) is 32.9 Å². The minimum Gasteiger partial charge on any atom is -0.508 e. The standard InChI is InChI=1S/C42H52F2N6O2Si/c1-25(2)53(26(3)4,27(5)6)16-13-28-9-7-10-29-17-33(51)18-34(36(28)29)38-37(44)39-35(20-45-38)40(49-22-31-11-12-32(23-49)46-31)48-41(47-39)52-24-42-14-8-15-50(42)21-30(43)19-42/h7,9-10,17-18,20,25-27,30-32,46,51H,8,11-12,14-15,19,21-24H2,1-6H3/t30-,31-,32+,42+/m1/s1. The monoisotopic (exact) mass is 738 g/mol. The van der Waals surface area contributed by atoms with E-state index in [1.165, 1.54) is 0 Å². The molecule has 2 N–H and O–H groups in total. The third-order valence-corrected chi connectivity index (χ3v) is 19.2. The maximum atomic E-state index is 17.3.